The Labute approximate surface area is 168 Å². The van der Waals surface area contributed by atoms with Crippen molar-refractivity contribution < 1.29 is 18.7 Å². The first-order chi connectivity index (χ1) is 14.1. The Hall–Kier alpha value is -3.54. The third-order valence-electron chi connectivity index (χ3n) is 4.52. The lowest BCUT2D eigenvalue weighted by Crippen LogP contribution is -2.10. The number of rotatable bonds is 9. The monoisotopic (exact) mass is 392 g/mol. The molecule has 1 aromatic heterocycles. The molecule has 0 radical (unpaired) electrons. The molecule has 0 amide bonds. The molecule has 2 aromatic carbocycles. The summed E-state index contributed by atoms with van der Waals surface area (Å²) < 4.78 is 22.1. The fraction of sp³-hybridized carbons (Fsp3) is 0.174. The molecule has 0 aliphatic rings. The zero-order valence-corrected chi connectivity index (χ0v) is 16.1. The van der Waals surface area contributed by atoms with Crippen LogP contribution in [-0.2, 0) is 6.54 Å². The van der Waals surface area contributed by atoms with Gasteiger partial charge in [-0.1, -0.05) is 49.9 Å². The molecule has 0 saturated carbocycles. The van der Waals surface area contributed by atoms with Crippen molar-refractivity contribution in [3.05, 3.63) is 77.4 Å². The lowest BCUT2D eigenvalue weighted by Gasteiger charge is -2.12. The van der Waals surface area contributed by atoms with E-state index in [0.717, 1.165) is 12.7 Å². The minimum atomic E-state index is -0.449. The molecular weight excluding hydrogens is 371 g/mol. The number of hydrogen-bond acceptors (Lipinski definition) is 4. The number of nitrogens with zero attached hydrogens (tertiary/aromatic N) is 2. The molecule has 148 valence electrons. The Kier molecular flexibility index (Phi) is 6.34. The lowest BCUT2D eigenvalue weighted by atomic mass is 9.99. The molecule has 0 saturated heterocycles. The van der Waals surface area contributed by atoms with Gasteiger partial charge in [-0.25, -0.2) is 4.39 Å². The van der Waals surface area contributed by atoms with E-state index in [0.29, 0.717) is 40.8 Å². The summed E-state index contributed by atoms with van der Waals surface area (Å²) in [6, 6.07) is 12.0. The molecule has 0 spiro atoms. The summed E-state index contributed by atoms with van der Waals surface area (Å²) in [5, 5.41) is 0. The van der Waals surface area contributed by atoms with E-state index < -0.39 is 5.82 Å². The second-order valence-corrected chi connectivity index (χ2v) is 6.43. The van der Waals surface area contributed by atoms with Crippen LogP contribution in [0.3, 0.4) is 0 Å². The summed E-state index contributed by atoms with van der Waals surface area (Å²) >= 11 is 0. The summed E-state index contributed by atoms with van der Waals surface area (Å²) in [7, 11) is 0. The van der Waals surface area contributed by atoms with Crippen LogP contribution in [0.2, 0.25) is 0 Å². The molecule has 0 aliphatic heterocycles. The molecule has 0 unspecified atom stereocenters. The van der Waals surface area contributed by atoms with Gasteiger partial charge in [0.15, 0.2) is 12.6 Å². The van der Waals surface area contributed by atoms with Crippen molar-refractivity contribution in [2.75, 3.05) is 6.61 Å². The number of imidazole rings is 1. The number of halogens is 1. The highest BCUT2D eigenvalue weighted by Crippen LogP contribution is 2.27. The van der Waals surface area contributed by atoms with Crippen LogP contribution < -0.4 is 4.74 Å². The second-order valence-electron chi connectivity index (χ2n) is 6.43. The van der Waals surface area contributed by atoms with E-state index in [2.05, 4.69) is 11.6 Å². The maximum absolute atomic E-state index is 14.9. The van der Waals surface area contributed by atoms with Gasteiger partial charge in [0, 0.05) is 11.1 Å². The molecule has 29 heavy (non-hydrogen) atoms. The molecule has 3 aromatic rings. The molecule has 0 fully saturated rings. The third-order valence-corrected chi connectivity index (χ3v) is 4.52. The Morgan fingerprint density at radius 1 is 1.17 bits per heavy atom. The highest BCUT2D eigenvalue weighted by Gasteiger charge is 2.18. The Balaban J connectivity index is 1.99. The highest BCUT2D eigenvalue weighted by molar-refractivity contribution is 5.87. The van der Waals surface area contributed by atoms with E-state index in [1.165, 1.54) is 16.7 Å². The van der Waals surface area contributed by atoms with E-state index in [1.54, 1.807) is 36.4 Å². The largest absolute Gasteiger partial charge is 0.465 e. The molecule has 1 heterocycles. The third kappa shape index (κ3) is 4.16. The number of ether oxygens (including phenoxy) is 1. The van der Waals surface area contributed by atoms with Crippen molar-refractivity contribution in [3.63, 3.8) is 0 Å². The molecule has 0 N–H and O–H groups in total. The SMILES string of the molecule is C=Cc1nc(OCCC)n(Cc2ccc(-c3ccccc3C=O)cc2F)c1C=O. The minimum Gasteiger partial charge on any atom is -0.465 e. The quantitative estimate of drug-likeness (QED) is 0.491. The number of carbonyl (C=O) groups excluding carboxylic acids is 2. The van der Waals surface area contributed by atoms with Crippen molar-refractivity contribution >= 4 is 18.6 Å². The fourth-order valence-corrected chi connectivity index (χ4v) is 3.07. The van der Waals surface area contributed by atoms with Crippen molar-refractivity contribution in [2.45, 2.75) is 19.9 Å². The van der Waals surface area contributed by atoms with Crippen LogP contribution in [0, 0.1) is 5.82 Å². The van der Waals surface area contributed by atoms with Gasteiger partial charge in [-0.15, -0.1) is 0 Å². The van der Waals surface area contributed by atoms with E-state index in [9.17, 15) is 14.0 Å². The molecule has 6 heteroatoms. The van der Waals surface area contributed by atoms with Gasteiger partial charge in [-0.3, -0.25) is 14.2 Å². The maximum atomic E-state index is 14.9. The Morgan fingerprint density at radius 3 is 2.62 bits per heavy atom. The molecule has 0 bridgehead atoms. The maximum Gasteiger partial charge on any atom is 0.297 e. The first kappa shape index (κ1) is 20.2. The average molecular weight is 392 g/mol. The molecule has 3 rings (SSSR count). The smallest absolute Gasteiger partial charge is 0.297 e. The second kappa shape index (κ2) is 9.10. The number of benzene rings is 2. The highest BCUT2D eigenvalue weighted by atomic mass is 19.1. The molecular formula is C23H21FN2O3. The summed E-state index contributed by atoms with van der Waals surface area (Å²) in [4.78, 5) is 27.1. The molecule has 0 aliphatic carbocycles. The normalized spacial score (nSPS) is 10.6. The Bertz CT molecular complexity index is 1060. The van der Waals surface area contributed by atoms with Gasteiger partial charge in [0.25, 0.3) is 6.01 Å². The van der Waals surface area contributed by atoms with Gasteiger partial charge in [0.1, 0.15) is 11.5 Å². The Morgan fingerprint density at radius 2 is 1.97 bits per heavy atom. The number of aldehydes is 2. The van der Waals surface area contributed by atoms with Gasteiger partial charge in [-0.2, -0.15) is 4.98 Å². The number of hydrogen-bond donors (Lipinski definition) is 0. The van der Waals surface area contributed by atoms with E-state index >= 15 is 0 Å². The van der Waals surface area contributed by atoms with Crippen LogP contribution in [0.25, 0.3) is 17.2 Å². The lowest BCUT2D eigenvalue weighted by molar-refractivity contribution is 0.111. The van der Waals surface area contributed by atoms with Gasteiger partial charge in [-0.05, 0) is 29.7 Å². The predicted molar refractivity (Wildman–Crippen MR) is 110 cm³/mol. The van der Waals surface area contributed by atoms with Crippen molar-refractivity contribution in [2.24, 2.45) is 0 Å². The summed E-state index contributed by atoms with van der Waals surface area (Å²) in [5.74, 6) is -0.449. The van der Waals surface area contributed by atoms with E-state index in [1.807, 2.05) is 6.92 Å². The van der Waals surface area contributed by atoms with E-state index in [-0.39, 0.29) is 18.2 Å². The van der Waals surface area contributed by atoms with Crippen LogP contribution in [0.4, 0.5) is 4.39 Å². The van der Waals surface area contributed by atoms with Gasteiger partial charge >= 0.3 is 0 Å². The predicted octanol–water partition coefficient (Wildman–Crippen LogP) is 4.79. The first-order valence-corrected chi connectivity index (χ1v) is 9.26. The zero-order chi connectivity index (χ0) is 20.8. The summed E-state index contributed by atoms with van der Waals surface area (Å²) in [5.41, 5.74) is 2.79. The molecule has 5 nitrogen and oxygen atoms in total. The van der Waals surface area contributed by atoms with Crippen LogP contribution in [-0.4, -0.2) is 28.7 Å². The van der Waals surface area contributed by atoms with Crippen molar-refractivity contribution in [1.82, 2.24) is 9.55 Å². The average Bonchev–Trinajstić information content (AvgIpc) is 3.09. The fourth-order valence-electron chi connectivity index (χ4n) is 3.07. The van der Waals surface area contributed by atoms with Gasteiger partial charge in [0.05, 0.1) is 18.8 Å². The van der Waals surface area contributed by atoms with Crippen LogP contribution >= 0.6 is 0 Å². The summed E-state index contributed by atoms with van der Waals surface area (Å²) in [6.45, 7) is 6.13. The standard InChI is InChI=1S/C23H21FN2O3/c1-3-11-29-23-25-21(4-2)22(15-28)26(23)13-17-10-9-16(12-20(17)24)19-8-6-5-7-18(19)14-27/h4-10,12,14-15H,2-3,11,13H2,1H3. The number of aromatic nitrogens is 2. The summed E-state index contributed by atoms with van der Waals surface area (Å²) in [6.07, 6.45) is 3.65. The number of carbonyl (C=O) groups is 2. The molecule has 0 atom stereocenters. The minimum absolute atomic E-state index is 0.0788. The zero-order valence-electron chi connectivity index (χ0n) is 16.1. The van der Waals surface area contributed by atoms with Gasteiger partial charge < -0.3 is 4.74 Å². The van der Waals surface area contributed by atoms with Crippen LogP contribution in [0.5, 0.6) is 6.01 Å². The van der Waals surface area contributed by atoms with Gasteiger partial charge in [0.2, 0.25) is 0 Å². The van der Waals surface area contributed by atoms with Crippen LogP contribution in [0.1, 0.15) is 45.4 Å². The van der Waals surface area contributed by atoms with Crippen molar-refractivity contribution in [3.8, 4) is 17.1 Å². The van der Waals surface area contributed by atoms with Crippen LogP contribution in [0.15, 0.2) is 49.0 Å². The first-order valence-electron chi connectivity index (χ1n) is 9.26. The van der Waals surface area contributed by atoms with Crippen molar-refractivity contribution in [1.29, 1.82) is 0 Å². The topological polar surface area (TPSA) is 61.2 Å². The van der Waals surface area contributed by atoms with E-state index in [4.69, 9.17) is 4.74 Å².